The highest BCUT2D eigenvalue weighted by atomic mass is 32.1. The van der Waals surface area contributed by atoms with Gasteiger partial charge in [-0.2, -0.15) is 0 Å². The molecule has 0 aliphatic heterocycles. The van der Waals surface area contributed by atoms with Crippen molar-refractivity contribution < 1.29 is 0 Å². The van der Waals surface area contributed by atoms with Crippen LogP contribution in [0.25, 0.3) is 0 Å². The highest BCUT2D eigenvalue weighted by Crippen LogP contribution is 2.27. The Morgan fingerprint density at radius 3 is 2.88 bits per heavy atom. The Bertz CT molecular complexity index is 380. The molecule has 1 aromatic rings. The van der Waals surface area contributed by atoms with Crippen molar-refractivity contribution in [2.75, 3.05) is 13.1 Å². The molecule has 1 aromatic heterocycles. The topological polar surface area (TPSA) is 36.4 Å². The fraction of sp³-hybridized carbons (Fsp3) is 0.615. The second-order valence-corrected chi connectivity index (χ2v) is 5.55. The number of nitrogens with one attached hydrogen (secondary N) is 2. The molecular formula is C13H21N3S. The molecule has 94 valence electrons. The summed E-state index contributed by atoms with van der Waals surface area (Å²) in [5.74, 6) is 1.83. The van der Waals surface area contributed by atoms with E-state index in [1.165, 1.54) is 23.3 Å². The van der Waals surface area contributed by atoms with Crippen molar-refractivity contribution in [2.45, 2.75) is 33.2 Å². The number of rotatable bonds is 5. The minimum absolute atomic E-state index is 0.781. The van der Waals surface area contributed by atoms with Crippen LogP contribution in [0.2, 0.25) is 0 Å². The van der Waals surface area contributed by atoms with Crippen molar-refractivity contribution in [2.24, 2.45) is 10.9 Å². The van der Waals surface area contributed by atoms with Crippen molar-refractivity contribution in [3.05, 3.63) is 21.9 Å². The summed E-state index contributed by atoms with van der Waals surface area (Å²) in [4.78, 5) is 5.98. The Balaban J connectivity index is 1.86. The van der Waals surface area contributed by atoms with Crippen LogP contribution >= 0.6 is 11.3 Å². The molecule has 0 atom stereocenters. The normalized spacial score (nSPS) is 16.0. The van der Waals surface area contributed by atoms with E-state index in [-0.39, 0.29) is 0 Å². The molecule has 2 N–H and O–H groups in total. The summed E-state index contributed by atoms with van der Waals surface area (Å²) in [6.45, 7) is 7.01. The monoisotopic (exact) mass is 251 g/mol. The van der Waals surface area contributed by atoms with Crippen LogP contribution in [0.5, 0.6) is 0 Å². The molecule has 17 heavy (non-hydrogen) atoms. The number of guanidine groups is 1. The molecule has 0 spiro atoms. The van der Waals surface area contributed by atoms with Gasteiger partial charge in [-0.3, -0.25) is 0 Å². The van der Waals surface area contributed by atoms with E-state index in [2.05, 4.69) is 40.9 Å². The number of hydrogen-bond acceptors (Lipinski definition) is 2. The van der Waals surface area contributed by atoms with Gasteiger partial charge in [-0.1, -0.05) is 0 Å². The quantitative estimate of drug-likeness (QED) is 0.623. The Kier molecular flexibility index (Phi) is 4.42. The van der Waals surface area contributed by atoms with Gasteiger partial charge in [0, 0.05) is 18.0 Å². The third kappa shape index (κ3) is 4.04. The SMILES string of the molecule is CCNC(=NCc1sccc1C)NCC1CC1. The Labute approximate surface area is 107 Å². The van der Waals surface area contributed by atoms with E-state index >= 15 is 0 Å². The predicted octanol–water partition coefficient (Wildman–Crippen LogP) is 2.52. The molecular weight excluding hydrogens is 230 g/mol. The van der Waals surface area contributed by atoms with Crippen LogP contribution in [0.15, 0.2) is 16.4 Å². The van der Waals surface area contributed by atoms with E-state index in [9.17, 15) is 0 Å². The smallest absolute Gasteiger partial charge is 0.191 e. The molecule has 0 amide bonds. The van der Waals surface area contributed by atoms with Gasteiger partial charge in [0.2, 0.25) is 0 Å². The molecule has 2 rings (SSSR count). The first-order valence-corrected chi connectivity index (χ1v) is 7.22. The first-order valence-electron chi connectivity index (χ1n) is 6.34. The summed E-state index contributed by atoms with van der Waals surface area (Å²) in [6.07, 6.45) is 2.74. The molecule has 1 fully saturated rings. The maximum Gasteiger partial charge on any atom is 0.191 e. The fourth-order valence-corrected chi connectivity index (χ4v) is 2.45. The molecule has 0 saturated heterocycles. The van der Waals surface area contributed by atoms with Crippen LogP contribution in [0.3, 0.4) is 0 Å². The summed E-state index contributed by atoms with van der Waals surface area (Å²) in [6, 6.07) is 2.15. The van der Waals surface area contributed by atoms with Gasteiger partial charge in [-0.05, 0) is 49.6 Å². The first-order chi connectivity index (χ1) is 8.29. The molecule has 0 radical (unpaired) electrons. The minimum atomic E-state index is 0.781. The molecule has 1 saturated carbocycles. The van der Waals surface area contributed by atoms with Crippen LogP contribution in [-0.4, -0.2) is 19.0 Å². The minimum Gasteiger partial charge on any atom is -0.357 e. The number of hydrogen-bond donors (Lipinski definition) is 2. The van der Waals surface area contributed by atoms with Gasteiger partial charge in [-0.15, -0.1) is 11.3 Å². The molecule has 1 aliphatic carbocycles. The van der Waals surface area contributed by atoms with E-state index in [4.69, 9.17) is 0 Å². The first kappa shape index (κ1) is 12.4. The van der Waals surface area contributed by atoms with E-state index in [1.807, 2.05) is 0 Å². The maximum atomic E-state index is 4.62. The summed E-state index contributed by atoms with van der Waals surface area (Å²) in [7, 11) is 0. The lowest BCUT2D eigenvalue weighted by Gasteiger charge is -2.10. The van der Waals surface area contributed by atoms with Crippen LogP contribution < -0.4 is 10.6 Å². The van der Waals surface area contributed by atoms with Crippen molar-refractivity contribution in [1.82, 2.24) is 10.6 Å². The van der Waals surface area contributed by atoms with Gasteiger partial charge in [0.25, 0.3) is 0 Å². The van der Waals surface area contributed by atoms with E-state index in [0.717, 1.165) is 31.5 Å². The van der Waals surface area contributed by atoms with Gasteiger partial charge in [-0.25, -0.2) is 4.99 Å². The zero-order chi connectivity index (χ0) is 12.1. The van der Waals surface area contributed by atoms with E-state index in [0.29, 0.717) is 0 Å². The second-order valence-electron chi connectivity index (χ2n) is 4.55. The highest BCUT2D eigenvalue weighted by molar-refractivity contribution is 7.10. The maximum absolute atomic E-state index is 4.62. The van der Waals surface area contributed by atoms with Crippen molar-refractivity contribution in [3.63, 3.8) is 0 Å². The standard InChI is InChI=1S/C13H21N3S/c1-3-14-13(15-8-11-4-5-11)16-9-12-10(2)6-7-17-12/h6-7,11H,3-5,8-9H2,1-2H3,(H2,14,15,16). The summed E-state index contributed by atoms with van der Waals surface area (Å²) >= 11 is 1.78. The van der Waals surface area contributed by atoms with E-state index < -0.39 is 0 Å². The van der Waals surface area contributed by atoms with Crippen LogP contribution in [0.4, 0.5) is 0 Å². The van der Waals surface area contributed by atoms with Crippen LogP contribution in [0, 0.1) is 12.8 Å². The Hall–Kier alpha value is -1.03. The lowest BCUT2D eigenvalue weighted by molar-refractivity contribution is 0.739. The summed E-state index contributed by atoms with van der Waals surface area (Å²) in [5.41, 5.74) is 1.34. The van der Waals surface area contributed by atoms with E-state index in [1.54, 1.807) is 11.3 Å². The Morgan fingerprint density at radius 2 is 2.29 bits per heavy atom. The zero-order valence-corrected chi connectivity index (χ0v) is 11.4. The van der Waals surface area contributed by atoms with Gasteiger partial charge < -0.3 is 10.6 Å². The third-order valence-corrected chi connectivity index (χ3v) is 3.96. The fourth-order valence-electron chi connectivity index (χ4n) is 1.62. The van der Waals surface area contributed by atoms with Gasteiger partial charge in [0.05, 0.1) is 6.54 Å². The van der Waals surface area contributed by atoms with Gasteiger partial charge in [0.15, 0.2) is 5.96 Å². The van der Waals surface area contributed by atoms with Crippen LogP contribution in [-0.2, 0) is 6.54 Å². The molecule has 4 heteroatoms. The molecule has 3 nitrogen and oxygen atoms in total. The summed E-state index contributed by atoms with van der Waals surface area (Å²) in [5, 5.41) is 8.83. The van der Waals surface area contributed by atoms with Crippen molar-refractivity contribution >= 4 is 17.3 Å². The largest absolute Gasteiger partial charge is 0.357 e. The predicted molar refractivity (Wildman–Crippen MR) is 74.6 cm³/mol. The molecule has 0 unspecified atom stereocenters. The third-order valence-electron chi connectivity index (χ3n) is 2.95. The van der Waals surface area contributed by atoms with Crippen molar-refractivity contribution in [3.8, 4) is 0 Å². The van der Waals surface area contributed by atoms with Gasteiger partial charge >= 0.3 is 0 Å². The highest BCUT2D eigenvalue weighted by Gasteiger charge is 2.20. The number of thiophene rings is 1. The average Bonchev–Trinajstić information content (AvgIpc) is 3.06. The lowest BCUT2D eigenvalue weighted by atomic mass is 10.3. The van der Waals surface area contributed by atoms with Gasteiger partial charge in [0.1, 0.15) is 0 Å². The number of nitrogens with zero attached hydrogens (tertiary/aromatic N) is 1. The van der Waals surface area contributed by atoms with Crippen LogP contribution in [0.1, 0.15) is 30.2 Å². The average molecular weight is 251 g/mol. The van der Waals surface area contributed by atoms with Crippen molar-refractivity contribution in [1.29, 1.82) is 0 Å². The summed E-state index contributed by atoms with van der Waals surface area (Å²) < 4.78 is 0. The Morgan fingerprint density at radius 1 is 1.47 bits per heavy atom. The zero-order valence-electron chi connectivity index (χ0n) is 10.6. The lowest BCUT2D eigenvalue weighted by Crippen LogP contribution is -2.38. The molecule has 0 aromatic carbocycles. The molecule has 0 bridgehead atoms. The number of aryl methyl sites for hydroxylation is 1. The number of aliphatic imine (C=N–C) groups is 1. The second kappa shape index (κ2) is 6.05. The molecule has 1 aliphatic rings. The molecule has 1 heterocycles.